The maximum absolute atomic E-state index is 12.9. The second kappa shape index (κ2) is 5.03. The van der Waals surface area contributed by atoms with Crippen molar-refractivity contribution in [3.05, 3.63) is 41.8 Å². The Balaban J connectivity index is 1.79. The number of aromatic nitrogens is 2. The molecule has 5 nitrogen and oxygen atoms in total. The van der Waals surface area contributed by atoms with Crippen LogP contribution in [0.5, 0.6) is 0 Å². The van der Waals surface area contributed by atoms with E-state index in [0.717, 1.165) is 0 Å². The predicted molar refractivity (Wildman–Crippen MR) is 69.8 cm³/mol. The number of halogens is 1. The van der Waals surface area contributed by atoms with Crippen LogP contribution < -0.4 is 4.90 Å². The van der Waals surface area contributed by atoms with Crippen molar-refractivity contribution in [2.75, 3.05) is 11.4 Å². The minimum atomic E-state index is -0.318. The molecule has 3 rings (SSSR count). The largest absolute Gasteiger partial charge is 0.339 e. The number of aryl methyl sites for hydroxylation is 1. The molecule has 1 fully saturated rings. The molecule has 1 aliphatic heterocycles. The summed E-state index contributed by atoms with van der Waals surface area (Å²) in [5, 5.41) is 3.85. The van der Waals surface area contributed by atoms with Crippen molar-refractivity contribution in [3.63, 3.8) is 0 Å². The van der Waals surface area contributed by atoms with Crippen LogP contribution in [0.3, 0.4) is 0 Å². The Morgan fingerprint density at radius 1 is 1.40 bits per heavy atom. The molecular formula is C14H14FN3O2. The standard InChI is InChI=1S/C14H14FN3O2/c1-2-12-16-14(20-17-12)9-7-13(19)18(8-9)11-5-3-10(15)4-6-11/h3-6,9H,2,7-8H2,1H3. The monoisotopic (exact) mass is 275 g/mol. The van der Waals surface area contributed by atoms with Crippen LogP contribution >= 0.6 is 0 Å². The average Bonchev–Trinajstić information content (AvgIpc) is 3.06. The van der Waals surface area contributed by atoms with Crippen molar-refractivity contribution in [2.24, 2.45) is 0 Å². The Morgan fingerprint density at radius 3 is 2.80 bits per heavy atom. The summed E-state index contributed by atoms with van der Waals surface area (Å²) < 4.78 is 18.1. The molecule has 0 bridgehead atoms. The van der Waals surface area contributed by atoms with Crippen molar-refractivity contribution in [2.45, 2.75) is 25.7 Å². The highest BCUT2D eigenvalue weighted by Gasteiger charge is 2.34. The Kier molecular flexibility index (Phi) is 3.22. The van der Waals surface area contributed by atoms with Gasteiger partial charge in [-0.05, 0) is 24.3 Å². The zero-order valence-electron chi connectivity index (χ0n) is 11.0. The quantitative estimate of drug-likeness (QED) is 0.862. The summed E-state index contributed by atoms with van der Waals surface area (Å²) in [6.07, 6.45) is 1.04. The first-order valence-electron chi connectivity index (χ1n) is 6.55. The fourth-order valence-electron chi connectivity index (χ4n) is 2.32. The van der Waals surface area contributed by atoms with Gasteiger partial charge in [0.25, 0.3) is 0 Å². The lowest BCUT2D eigenvalue weighted by molar-refractivity contribution is -0.117. The summed E-state index contributed by atoms with van der Waals surface area (Å²) in [6, 6.07) is 5.89. The zero-order chi connectivity index (χ0) is 14.1. The first-order chi connectivity index (χ1) is 9.67. The number of hydrogen-bond acceptors (Lipinski definition) is 4. The van der Waals surface area contributed by atoms with Crippen molar-refractivity contribution in [1.29, 1.82) is 0 Å². The lowest BCUT2D eigenvalue weighted by atomic mass is 10.1. The SMILES string of the molecule is CCc1noc(C2CC(=O)N(c3ccc(F)cc3)C2)n1. The maximum Gasteiger partial charge on any atom is 0.232 e. The van der Waals surface area contributed by atoms with Crippen LogP contribution in [0.1, 0.15) is 31.0 Å². The van der Waals surface area contributed by atoms with Gasteiger partial charge in [0.2, 0.25) is 11.8 Å². The van der Waals surface area contributed by atoms with E-state index in [2.05, 4.69) is 10.1 Å². The minimum Gasteiger partial charge on any atom is -0.339 e. The van der Waals surface area contributed by atoms with E-state index in [4.69, 9.17) is 4.52 Å². The van der Waals surface area contributed by atoms with Gasteiger partial charge < -0.3 is 9.42 Å². The van der Waals surface area contributed by atoms with E-state index < -0.39 is 0 Å². The van der Waals surface area contributed by atoms with Gasteiger partial charge in [-0.2, -0.15) is 4.98 Å². The summed E-state index contributed by atoms with van der Waals surface area (Å²) in [7, 11) is 0. The van der Waals surface area contributed by atoms with Crippen LogP contribution in [0.25, 0.3) is 0 Å². The normalized spacial score (nSPS) is 18.8. The molecule has 1 aliphatic rings. The highest BCUT2D eigenvalue weighted by atomic mass is 19.1. The molecule has 1 unspecified atom stereocenters. The molecule has 20 heavy (non-hydrogen) atoms. The summed E-state index contributed by atoms with van der Waals surface area (Å²) in [5.41, 5.74) is 0.689. The lowest BCUT2D eigenvalue weighted by Crippen LogP contribution is -2.24. The molecule has 1 aromatic heterocycles. The molecule has 2 heterocycles. The van der Waals surface area contributed by atoms with Crippen LogP contribution in [0, 0.1) is 5.82 Å². The van der Waals surface area contributed by atoms with Crippen LogP contribution in [0.2, 0.25) is 0 Å². The highest BCUT2D eigenvalue weighted by molar-refractivity contribution is 5.96. The van der Waals surface area contributed by atoms with Crippen LogP contribution in [0.15, 0.2) is 28.8 Å². The minimum absolute atomic E-state index is 0.0159. The highest BCUT2D eigenvalue weighted by Crippen LogP contribution is 2.30. The summed E-state index contributed by atoms with van der Waals surface area (Å²) in [6.45, 7) is 2.43. The van der Waals surface area contributed by atoms with Gasteiger partial charge in [0.15, 0.2) is 5.82 Å². The lowest BCUT2D eigenvalue weighted by Gasteiger charge is -2.15. The van der Waals surface area contributed by atoms with Crippen molar-refractivity contribution >= 4 is 11.6 Å². The maximum atomic E-state index is 12.9. The molecule has 1 saturated heterocycles. The number of carbonyl (C=O) groups excluding carboxylic acids is 1. The number of amides is 1. The zero-order valence-corrected chi connectivity index (χ0v) is 11.0. The van der Waals surface area contributed by atoms with E-state index in [1.165, 1.54) is 12.1 Å². The Bertz CT molecular complexity index is 624. The second-order valence-corrected chi connectivity index (χ2v) is 4.78. The van der Waals surface area contributed by atoms with Gasteiger partial charge in [-0.3, -0.25) is 4.79 Å². The molecule has 1 amide bonds. The molecule has 0 N–H and O–H groups in total. The second-order valence-electron chi connectivity index (χ2n) is 4.78. The molecule has 2 aromatic rings. The van der Waals surface area contributed by atoms with E-state index in [9.17, 15) is 9.18 Å². The third kappa shape index (κ3) is 2.29. The number of anilines is 1. The topological polar surface area (TPSA) is 59.2 Å². The predicted octanol–water partition coefficient (Wildman–Crippen LogP) is 2.29. The number of hydrogen-bond donors (Lipinski definition) is 0. The van der Waals surface area contributed by atoms with Gasteiger partial charge in [0, 0.05) is 25.1 Å². The first kappa shape index (κ1) is 12.8. The molecule has 1 aromatic carbocycles. The molecule has 1 atom stereocenters. The van der Waals surface area contributed by atoms with Gasteiger partial charge in [-0.1, -0.05) is 12.1 Å². The van der Waals surface area contributed by atoms with Gasteiger partial charge in [-0.25, -0.2) is 4.39 Å². The van der Waals surface area contributed by atoms with Crippen LogP contribution in [0.4, 0.5) is 10.1 Å². The van der Waals surface area contributed by atoms with Gasteiger partial charge in [0.1, 0.15) is 5.82 Å². The van der Waals surface area contributed by atoms with Gasteiger partial charge in [0.05, 0.1) is 5.92 Å². The summed E-state index contributed by atoms with van der Waals surface area (Å²) >= 11 is 0. The first-order valence-corrected chi connectivity index (χ1v) is 6.55. The molecule has 0 radical (unpaired) electrons. The van der Waals surface area contributed by atoms with E-state index in [0.29, 0.717) is 36.8 Å². The Labute approximate surface area is 115 Å². The fourth-order valence-corrected chi connectivity index (χ4v) is 2.32. The van der Waals surface area contributed by atoms with Gasteiger partial charge in [-0.15, -0.1) is 0 Å². The number of benzene rings is 1. The van der Waals surface area contributed by atoms with Gasteiger partial charge >= 0.3 is 0 Å². The van der Waals surface area contributed by atoms with Crippen molar-refractivity contribution in [3.8, 4) is 0 Å². The smallest absolute Gasteiger partial charge is 0.232 e. The molecule has 104 valence electrons. The molecular weight excluding hydrogens is 261 g/mol. The Morgan fingerprint density at radius 2 is 2.15 bits per heavy atom. The molecule has 0 spiro atoms. The summed E-state index contributed by atoms with van der Waals surface area (Å²) in [4.78, 5) is 18.0. The Hall–Kier alpha value is -2.24. The molecule has 0 aliphatic carbocycles. The number of rotatable bonds is 3. The third-order valence-corrected chi connectivity index (χ3v) is 3.41. The van der Waals surface area contributed by atoms with Crippen LogP contribution in [-0.4, -0.2) is 22.6 Å². The van der Waals surface area contributed by atoms with E-state index in [1.54, 1.807) is 17.0 Å². The van der Waals surface area contributed by atoms with E-state index in [1.807, 2.05) is 6.92 Å². The third-order valence-electron chi connectivity index (χ3n) is 3.41. The fraction of sp³-hybridized carbons (Fsp3) is 0.357. The number of nitrogens with zero attached hydrogens (tertiary/aromatic N) is 3. The summed E-state index contributed by atoms with van der Waals surface area (Å²) in [5.74, 6) is 0.715. The van der Waals surface area contributed by atoms with Crippen molar-refractivity contribution in [1.82, 2.24) is 10.1 Å². The van der Waals surface area contributed by atoms with E-state index in [-0.39, 0.29) is 17.6 Å². The van der Waals surface area contributed by atoms with Crippen molar-refractivity contribution < 1.29 is 13.7 Å². The average molecular weight is 275 g/mol. The van der Waals surface area contributed by atoms with Crippen LogP contribution in [-0.2, 0) is 11.2 Å². The molecule has 6 heteroatoms. The molecule has 0 saturated carbocycles. The van der Waals surface area contributed by atoms with E-state index >= 15 is 0 Å². The number of carbonyl (C=O) groups is 1.